The Balaban J connectivity index is 1.19. The number of nitriles is 1. The molecule has 0 aliphatic carbocycles. The summed E-state index contributed by atoms with van der Waals surface area (Å²) in [6.45, 7) is 2.37. The molecular formula is C32H35ClF2N7O4+. The van der Waals surface area contributed by atoms with Crippen LogP contribution in [0.2, 0.25) is 5.02 Å². The minimum absolute atomic E-state index is 0.0498. The Bertz CT molecular complexity index is 1710. The summed E-state index contributed by atoms with van der Waals surface area (Å²) in [7, 11) is 5.79. The third kappa shape index (κ3) is 6.98. The summed E-state index contributed by atoms with van der Waals surface area (Å²) in [5, 5.41) is 14.6. The van der Waals surface area contributed by atoms with Crippen molar-refractivity contribution >= 4 is 35.0 Å². The Morgan fingerprint density at radius 1 is 1.13 bits per heavy atom. The number of amides is 3. The van der Waals surface area contributed by atoms with Crippen molar-refractivity contribution in [3.8, 4) is 23.1 Å². The van der Waals surface area contributed by atoms with Crippen LogP contribution in [0.1, 0.15) is 40.2 Å². The minimum atomic E-state index is -1.26. The van der Waals surface area contributed by atoms with Crippen LogP contribution in [0.4, 0.5) is 14.5 Å². The van der Waals surface area contributed by atoms with Gasteiger partial charge in [0.1, 0.15) is 6.07 Å². The number of ether oxygens (including phenoxy) is 1. The van der Waals surface area contributed by atoms with E-state index in [-0.39, 0.29) is 51.4 Å². The number of aromatic nitrogens is 2. The summed E-state index contributed by atoms with van der Waals surface area (Å²) in [6, 6.07) is 8.85. The number of benzene rings is 2. The molecular weight excluding hydrogens is 620 g/mol. The highest BCUT2D eigenvalue weighted by Crippen LogP contribution is 2.31. The van der Waals surface area contributed by atoms with Crippen molar-refractivity contribution in [2.75, 3.05) is 52.2 Å². The number of nitrogens with one attached hydrogen (secondary N) is 2. The number of halogens is 3. The first kappa shape index (κ1) is 32.8. The van der Waals surface area contributed by atoms with E-state index in [9.17, 15) is 23.2 Å². The number of anilines is 1. The van der Waals surface area contributed by atoms with Gasteiger partial charge in [-0.1, -0.05) is 11.6 Å². The molecule has 14 heteroatoms. The predicted molar refractivity (Wildman–Crippen MR) is 166 cm³/mol. The van der Waals surface area contributed by atoms with Crippen LogP contribution >= 0.6 is 11.6 Å². The van der Waals surface area contributed by atoms with Gasteiger partial charge in [-0.25, -0.2) is 9.37 Å². The highest BCUT2D eigenvalue weighted by atomic mass is 35.5. The van der Waals surface area contributed by atoms with Crippen LogP contribution in [0, 0.1) is 28.9 Å². The zero-order valence-electron chi connectivity index (χ0n) is 25.8. The van der Waals surface area contributed by atoms with E-state index in [1.165, 1.54) is 48.1 Å². The van der Waals surface area contributed by atoms with Gasteiger partial charge >= 0.3 is 0 Å². The van der Waals surface area contributed by atoms with Crippen LogP contribution in [0.25, 0.3) is 11.3 Å². The molecule has 1 atom stereocenters. The molecule has 2 aliphatic rings. The van der Waals surface area contributed by atoms with Gasteiger partial charge in [0.25, 0.3) is 11.8 Å². The molecule has 1 aromatic heterocycles. The number of nitrogens with zero attached hydrogens (tertiary/aromatic N) is 5. The highest BCUT2D eigenvalue weighted by molar-refractivity contribution is 6.34. The van der Waals surface area contributed by atoms with E-state index in [0.717, 1.165) is 24.0 Å². The molecule has 0 radical (unpaired) electrons. The van der Waals surface area contributed by atoms with Crippen LogP contribution in [0.3, 0.4) is 0 Å². The first-order valence-electron chi connectivity index (χ1n) is 14.9. The molecule has 2 fully saturated rings. The maximum absolute atomic E-state index is 14.8. The molecule has 242 valence electrons. The maximum Gasteiger partial charge on any atom is 0.291 e. The number of carbonyl (C=O) groups excluding carboxylic acids is 3. The molecule has 2 saturated heterocycles. The molecule has 2 N–H and O–H groups in total. The fourth-order valence-corrected chi connectivity index (χ4v) is 6.27. The highest BCUT2D eigenvalue weighted by Gasteiger charge is 2.35. The topological polar surface area (TPSA) is 129 Å². The largest absolute Gasteiger partial charge is 0.476 e. The molecule has 0 bridgehead atoms. The number of likely N-dealkylation sites (tertiary alicyclic amines) is 2. The van der Waals surface area contributed by atoms with E-state index >= 15 is 0 Å². The Labute approximate surface area is 270 Å². The number of rotatable bonds is 8. The van der Waals surface area contributed by atoms with Crippen molar-refractivity contribution in [2.45, 2.75) is 25.3 Å². The van der Waals surface area contributed by atoms with Gasteiger partial charge in [-0.2, -0.15) is 9.65 Å². The van der Waals surface area contributed by atoms with Gasteiger partial charge in [-0.15, -0.1) is 0 Å². The summed E-state index contributed by atoms with van der Waals surface area (Å²) in [4.78, 5) is 44.9. The van der Waals surface area contributed by atoms with Gasteiger partial charge in [-0.3, -0.25) is 14.4 Å². The molecule has 2 aromatic carbocycles. The van der Waals surface area contributed by atoms with Gasteiger partial charge < -0.3 is 29.3 Å². The van der Waals surface area contributed by atoms with E-state index < -0.39 is 29.9 Å². The van der Waals surface area contributed by atoms with E-state index in [0.29, 0.717) is 31.6 Å². The van der Waals surface area contributed by atoms with Crippen molar-refractivity contribution in [3.63, 3.8) is 0 Å². The van der Waals surface area contributed by atoms with Crippen LogP contribution in [0.5, 0.6) is 5.75 Å². The fraction of sp³-hybridized carbons (Fsp3) is 0.406. The second-order valence-electron chi connectivity index (χ2n) is 12.3. The average Bonchev–Trinajstić information content (AvgIpc) is 3.58. The standard InChI is InChI=1S/C32H34ClF2N7O4/c1-40-25(23-6-7-26(46-15-11-36)28(35)27(23)34)17-37-29(40)31(44)38-20-4-5-22(24(33)16-20)32(45)41-12-8-19(9-13-41)30(43)39-21-10-14-42(2,3)18-21/h4-7,16-17,19,21H,8-10,12-15,18H2,1-3H3,(H-,38,39,43,44,45)/p+1. The zero-order valence-corrected chi connectivity index (χ0v) is 26.5. The second-order valence-corrected chi connectivity index (χ2v) is 12.7. The molecule has 0 saturated carbocycles. The van der Waals surface area contributed by atoms with E-state index in [2.05, 4.69) is 29.7 Å². The smallest absolute Gasteiger partial charge is 0.291 e. The predicted octanol–water partition coefficient (Wildman–Crippen LogP) is 3.99. The molecule has 11 nitrogen and oxygen atoms in total. The summed E-state index contributed by atoms with van der Waals surface area (Å²) in [6.07, 6.45) is 3.33. The lowest BCUT2D eigenvalue weighted by molar-refractivity contribution is -0.878. The Hall–Kier alpha value is -4.54. The lowest BCUT2D eigenvalue weighted by Crippen LogP contribution is -2.47. The first-order valence-corrected chi connectivity index (χ1v) is 15.3. The third-order valence-corrected chi connectivity index (χ3v) is 8.87. The van der Waals surface area contributed by atoms with Crippen LogP contribution in [-0.2, 0) is 11.8 Å². The van der Waals surface area contributed by atoms with Crippen molar-refractivity contribution < 1.29 is 32.4 Å². The minimum Gasteiger partial charge on any atom is -0.476 e. The molecule has 46 heavy (non-hydrogen) atoms. The summed E-state index contributed by atoms with van der Waals surface area (Å²) in [5.41, 5.74) is 0.558. The molecule has 3 heterocycles. The quantitative estimate of drug-likeness (QED) is 0.354. The summed E-state index contributed by atoms with van der Waals surface area (Å²) < 4.78 is 36.4. The number of carbonyl (C=O) groups is 3. The number of hydrogen-bond donors (Lipinski definition) is 2. The molecule has 5 rings (SSSR count). The zero-order chi connectivity index (χ0) is 33.2. The van der Waals surface area contributed by atoms with E-state index in [1.807, 2.05) is 0 Å². The van der Waals surface area contributed by atoms with Crippen molar-refractivity contribution in [3.05, 3.63) is 64.6 Å². The number of likely N-dealkylation sites (N-methyl/N-ethyl adjacent to an activating group) is 1. The maximum atomic E-state index is 14.8. The van der Waals surface area contributed by atoms with Crippen molar-refractivity contribution in [1.29, 1.82) is 5.26 Å². The van der Waals surface area contributed by atoms with E-state index in [1.54, 1.807) is 11.0 Å². The monoisotopic (exact) mass is 654 g/mol. The number of hydrogen-bond acceptors (Lipinski definition) is 6. The summed E-state index contributed by atoms with van der Waals surface area (Å²) in [5.74, 6) is -3.95. The summed E-state index contributed by atoms with van der Waals surface area (Å²) >= 11 is 6.47. The number of imidazole rings is 1. The molecule has 1 unspecified atom stereocenters. The van der Waals surface area contributed by atoms with E-state index in [4.69, 9.17) is 21.6 Å². The van der Waals surface area contributed by atoms with Crippen molar-refractivity contribution in [1.82, 2.24) is 19.8 Å². The van der Waals surface area contributed by atoms with Gasteiger partial charge in [0.15, 0.2) is 24.0 Å². The lowest BCUT2D eigenvalue weighted by Gasteiger charge is -2.32. The second kappa shape index (κ2) is 13.4. The molecule has 0 spiro atoms. The normalized spacial score (nSPS) is 17.8. The Kier molecular flexibility index (Phi) is 9.60. The molecule has 3 amide bonds. The van der Waals surface area contributed by atoms with Gasteiger partial charge in [-0.05, 0) is 43.2 Å². The van der Waals surface area contributed by atoms with Gasteiger partial charge in [0.2, 0.25) is 11.7 Å². The number of quaternary nitrogens is 1. The lowest BCUT2D eigenvalue weighted by atomic mass is 9.95. The molecule has 2 aliphatic heterocycles. The average molecular weight is 655 g/mol. The van der Waals surface area contributed by atoms with Crippen LogP contribution < -0.4 is 15.4 Å². The first-order chi connectivity index (χ1) is 21.9. The SMILES string of the molecule is Cn1c(-c2ccc(OCC#N)c(F)c2F)cnc1C(=O)Nc1ccc(C(=O)N2CCC(C(=O)NC3CC[N+](C)(C)C3)CC2)c(Cl)c1. The van der Waals surface area contributed by atoms with Crippen molar-refractivity contribution in [2.24, 2.45) is 13.0 Å². The number of piperidine rings is 1. The van der Waals surface area contributed by atoms with Crippen LogP contribution in [-0.4, -0.2) is 89.6 Å². The fourth-order valence-electron chi connectivity index (χ4n) is 6.01. The molecule has 3 aromatic rings. The third-order valence-electron chi connectivity index (χ3n) is 8.56. The Morgan fingerprint density at radius 3 is 2.52 bits per heavy atom. The van der Waals surface area contributed by atoms with Gasteiger partial charge in [0.05, 0.1) is 55.7 Å². The Morgan fingerprint density at radius 2 is 1.87 bits per heavy atom. The van der Waals surface area contributed by atoms with Crippen LogP contribution in [0.15, 0.2) is 36.5 Å². The van der Waals surface area contributed by atoms with Gasteiger partial charge in [0, 0.05) is 43.7 Å².